The Morgan fingerprint density at radius 2 is 1.83 bits per heavy atom. The second-order valence-electron chi connectivity index (χ2n) is 13.8. The van der Waals surface area contributed by atoms with Crippen molar-refractivity contribution in [2.24, 2.45) is 17.8 Å². The fourth-order valence-corrected chi connectivity index (χ4v) is 8.71. The van der Waals surface area contributed by atoms with E-state index in [1.165, 1.54) is 4.90 Å². The molecule has 48 heavy (non-hydrogen) atoms. The molecule has 3 fully saturated rings. The predicted octanol–water partition coefficient (Wildman–Crippen LogP) is 4.66. The lowest BCUT2D eigenvalue weighted by atomic mass is 9.70. The molecule has 4 rings (SSSR count). The Morgan fingerprint density at radius 1 is 1.17 bits per heavy atom. The highest BCUT2D eigenvalue weighted by Crippen LogP contribution is 2.61. The number of aliphatic hydroxyl groups excluding tert-OH is 1. The van der Waals surface area contributed by atoms with Gasteiger partial charge in [0.05, 0.1) is 36.6 Å². The molecule has 10 atom stereocenters. The van der Waals surface area contributed by atoms with Crippen molar-refractivity contribution in [1.29, 1.82) is 0 Å². The number of fused-ring (bicyclic) bond motifs is 1. The van der Waals surface area contributed by atoms with Crippen molar-refractivity contribution in [1.82, 2.24) is 14.7 Å². The molecule has 1 spiro atoms. The minimum atomic E-state index is -1.31. The van der Waals surface area contributed by atoms with Crippen LogP contribution in [0.3, 0.4) is 0 Å². The van der Waals surface area contributed by atoms with Crippen LogP contribution in [0.15, 0.2) is 55.6 Å². The van der Waals surface area contributed by atoms with Crippen LogP contribution in [0.1, 0.15) is 72.0 Å². The van der Waals surface area contributed by atoms with Gasteiger partial charge in [0.2, 0.25) is 17.7 Å². The highest BCUT2D eigenvalue weighted by atomic mass is 79.9. The molecule has 3 aliphatic rings. The minimum absolute atomic E-state index is 0.112. The van der Waals surface area contributed by atoms with E-state index in [9.17, 15) is 24.3 Å². The van der Waals surface area contributed by atoms with Gasteiger partial charge in [-0.2, -0.15) is 0 Å². The van der Waals surface area contributed by atoms with Gasteiger partial charge < -0.3 is 29.3 Å². The summed E-state index contributed by atoms with van der Waals surface area (Å²) >= 11 is 3.74. The third-order valence-electron chi connectivity index (χ3n) is 10.7. The standard InChI is InChI=1S/C37H52BrN3O7/c1-9-12-18-28(43)39(8)24(7)31(25-16-14-13-15-17-25)47-36(46)29-30-34(44)41(27(21-42)23(6)11-3)33(35(45)40(19-10-2)22(4)5)37(30)20-26(38)32(29)48-37/h9-10,13-17,22-24,26-27,29-33,42H,1-2,11-12,18-21H2,3-8H3/t23-,24-,26?,27-,29-,30+,31+,32-,33-,37+/m0/s1. The van der Waals surface area contributed by atoms with E-state index in [-0.39, 0.29) is 54.1 Å². The van der Waals surface area contributed by atoms with Crippen LogP contribution in [0.4, 0.5) is 0 Å². The molecule has 264 valence electrons. The van der Waals surface area contributed by atoms with Gasteiger partial charge in [0.15, 0.2) is 0 Å². The average molecular weight is 731 g/mol. The molecule has 0 saturated carbocycles. The van der Waals surface area contributed by atoms with Gasteiger partial charge in [0.1, 0.15) is 17.7 Å². The maximum absolute atomic E-state index is 14.7. The first-order valence-corrected chi connectivity index (χ1v) is 18.0. The van der Waals surface area contributed by atoms with Crippen LogP contribution in [-0.4, -0.2) is 104 Å². The van der Waals surface area contributed by atoms with Crippen molar-refractivity contribution in [3.8, 4) is 0 Å². The summed E-state index contributed by atoms with van der Waals surface area (Å²) in [6.45, 7) is 17.0. The summed E-state index contributed by atoms with van der Waals surface area (Å²) in [5.74, 6) is -3.56. The number of halogens is 1. The van der Waals surface area contributed by atoms with Gasteiger partial charge in [-0.25, -0.2) is 0 Å². The lowest BCUT2D eigenvalue weighted by Crippen LogP contribution is -2.60. The monoisotopic (exact) mass is 729 g/mol. The van der Waals surface area contributed by atoms with Crippen LogP contribution < -0.4 is 0 Å². The summed E-state index contributed by atoms with van der Waals surface area (Å²) < 4.78 is 13.1. The van der Waals surface area contributed by atoms with E-state index in [0.29, 0.717) is 24.8 Å². The number of alkyl halides is 1. The van der Waals surface area contributed by atoms with Crippen LogP contribution in [0.25, 0.3) is 0 Å². The summed E-state index contributed by atoms with van der Waals surface area (Å²) in [7, 11) is 1.69. The predicted molar refractivity (Wildman–Crippen MR) is 187 cm³/mol. The summed E-state index contributed by atoms with van der Waals surface area (Å²) in [6.07, 6.45) is 3.58. The summed E-state index contributed by atoms with van der Waals surface area (Å²) in [6, 6.07) is 6.80. The molecule has 3 amide bonds. The normalized spacial score (nSPS) is 28.4. The number of benzene rings is 1. The first-order chi connectivity index (χ1) is 22.8. The second kappa shape index (κ2) is 15.7. The van der Waals surface area contributed by atoms with Crippen LogP contribution in [0.2, 0.25) is 0 Å². The van der Waals surface area contributed by atoms with E-state index < -0.39 is 53.7 Å². The zero-order valence-electron chi connectivity index (χ0n) is 29.1. The van der Waals surface area contributed by atoms with Gasteiger partial charge in [-0.15, -0.1) is 13.2 Å². The maximum Gasteiger partial charge on any atom is 0.313 e. The number of likely N-dealkylation sites (tertiary alicyclic amines) is 1. The van der Waals surface area contributed by atoms with E-state index in [4.69, 9.17) is 9.47 Å². The number of hydrogen-bond acceptors (Lipinski definition) is 7. The third kappa shape index (κ3) is 6.74. The number of likely N-dealkylation sites (N-methyl/N-ethyl adjacent to an activating group) is 1. The van der Waals surface area contributed by atoms with E-state index in [0.717, 1.165) is 0 Å². The Balaban J connectivity index is 1.77. The number of amides is 3. The van der Waals surface area contributed by atoms with Crippen molar-refractivity contribution < 1.29 is 33.8 Å². The van der Waals surface area contributed by atoms with Crippen molar-refractivity contribution in [2.45, 2.75) is 107 Å². The number of aliphatic hydroxyl groups is 1. The van der Waals surface area contributed by atoms with E-state index >= 15 is 0 Å². The molecule has 1 aromatic carbocycles. The molecule has 0 radical (unpaired) electrons. The molecule has 1 N–H and O–H groups in total. The molecule has 3 aliphatic heterocycles. The molecule has 10 nitrogen and oxygen atoms in total. The number of nitrogens with zero attached hydrogens (tertiary/aromatic N) is 3. The van der Waals surface area contributed by atoms with E-state index in [1.54, 1.807) is 29.0 Å². The highest BCUT2D eigenvalue weighted by Gasteiger charge is 2.78. The van der Waals surface area contributed by atoms with Gasteiger partial charge in [0.25, 0.3) is 0 Å². The molecule has 3 saturated heterocycles. The van der Waals surface area contributed by atoms with Gasteiger partial charge in [-0.1, -0.05) is 78.7 Å². The van der Waals surface area contributed by atoms with Crippen molar-refractivity contribution in [3.05, 3.63) is 61.2 Å². The zero-order chi connectivity index (χ0) is 35.5. The average Bonchev–Trinajstić information content (AvgIpc) is 3.67. The Labute approximate surface area is 293 Å². The molecular formula is C37H52BrN3O7. The molecule has 0 aromatic heterocycles. The minimum Gasteiger partial charge on any atom is -0.455 e. The van der Waals surface area contributed by atoms with Gasteiger partial charge >= 0.3 is 5.97 Å². The van der Waals surface area contributed by atoms with Crippen LogP contribution in [0.5, 0.6) is 0 Å². The van der Waals surface area contributed by atoms with E-state index in [2.05, 4.69) is 29.1 Å². The number of carbonyl (C=O) groups is 4. The van der Waals surface area contributed by atoms with Crippen molar-refractivity contribution in [2.75, 3.05) is 20.2 Å². The molecule has 3 heterocycles. The fourth-order valence-electron chi connectivity index (χ4n) is 7.76. The maximum atomic E-state index is 14.7. The van der Waals surface area contributed by atoms with Crippen molar-refractivity contribution in [3.63, 3.8) is 0 Å². The molecule has 0 aliphatic carbocycles. The third-order valence-corrected chi connectivity index (χ3v) is 11.5. The van der Waals surface area contributed by atoms with Crippen LogP contribution in [-0.2, 0) is 28.7 Å². The number of rotatable bonds is 16. The Morgan fingerprint density at radius 3 is 2.40 bits per heavy atom. The summed E-state index contributed by atoms with van der Waals surface area (Å²) in [5, 5.41) is 10.7. The number of carbonyl (C=O) groups excluding carboxylic acids is 4. The smallest absolute Gasteiger partial charge is 0.313 e. The van der Waals surface area contributed by atoms with Crippen LogP contribution in [0, 0.1) is 17.8 Å². The SMILES string of the molecule is C=CCCC(=O)N(C)[C@@H](C)[C@@H](OC(=O)[C@@H]1[C@H]2O[C@@]3(CC2Br)[C@H](C(=O)N(CC=C)C(C)C)N([C@@H](CO)[C@@H](C)CC)C(=O)[C@@H]13)c1ccccc1. The number of ether oxygens (including phenoxy) is 2. The summed E-state index contributed by atoms with van der Waals surface area (Å²) in [5.41, 5.74) is -0.602. The van der Waals surface area contributed by atoms with Crippen molar-refractivity contribution >= 4 is 39.6 Å². The number of esters is 1. The summed E-state index contributed by atoms with van der Waals surface area (Å²) in [4.78, 5) is 61.3. The van der Waals surface area contributed by atoms with E-state index in [1.807, 2.05) is 65.0 Å². The fraction of sp³-hybridized carbons (Fsp3) is 0.622. The first-order valence-electron chi connectivity index (χ1n) is 17.1. The lowest BCUT2D eigenvalue weighted by molar-refractivity contribution is -0.165. The molecule has 1 unspecified atom stereocenters. The molecule has 11 heteroatoms. The molecule has 1 aromatic rings. The zero-order valence-corrected chi connectivity index (χ0v) is 30.7. The molecular weight excluding hydrogens is 678 g/mol. The Hall–Kier alpha value is -3.02. The Bertz CT molecular complexity index is 1360. The van der Waals surface area contributed by atoms with Gasteiger partial charge in [-0.3, -0.25) is 19.2 Å². The quantitative estimate of drug-likeness (QED) is 0.150. The van der Waals surface area contributed by atoms with Gasteiger partial charge in [0, 0.05) is 30.9 Å². The second-order valence-corrected chi connectivity index (χ2v) is 14.9. The highest BCUT2D eigenvalue weighted by molar-refractivity contribution is 9.09. The topological polar surface area (TPSA) is 117 Å². The Kier molecular flexibility index (Phi) is 12.3. The first kappa shape index (κ1) is 37.8. The largest absolute Gasteiger partial charge is 0.455 e. The van der Waals surface area contributed by atoms with Gasteiger partial charge in [-0.05, 0) is 45.1 Å². The van der Waals surface area contributed by atoms with Crippen LogP contribution >= 0.6 is 15.9 Å². The molecule has 2 bridgehead atoms. The number of hydrogen-bond donors (Lipinski definition) is 1. The number of allylic oxidation sites excluding steroid dienone is 1. The lowest BCUT2D eigenvalue weighted by Gasteiger charge is -2.41.